The van der Waals surface area contributed by atoms with Crippen LogP contribution in [0, 0.1) is 0 Å². The van der Waals surface area contributed by atoms with Crippen LogP contribution in [0.2, 0.25) is 0 Å². The summed E-state index contributed by atoms with van der Waals surface area (Å²) in [5.74, 6) is -0.909. The van der Waals surface area contributed by atoms with Gasteiger partial charge >= 0.3 is 5.97 Å². The van der Waals surface area contributed by atoms with Crippen molar-refractivity contribution in [2.45, 2.75) is 19.1 Å². The van der Waals surface area contributed by atoms with Crippen LogP contribution >= 0.6 is 11.3 Å². The normalized spacial score (nSPS) is 20.8. The van der Waals surface area contributed by atoms with E-state index < -0.39 is 5.97 Å². The molecule has 1 aromatic rings. The monoisotopic (exact) mass is 267 g/mol. The Labute approximate surface area is 110 Å². The van der Waals surface area contributed by atoms with Crippen molar-refractivity contribution in [3.05, 3.63) is 28.0 Å². The van der Waals surface area contributed by atoms with Gasteiger partial charge < -0.3 is 9.84 Å². The van der Waals surface area contributed by atoms with Crippen molar-refractivity contribution in [3.63, 3.8) is 0 Å². The Morgan fingerprint density at radius 2 is 2.56 bits per heavy atom. The molecule has 1 aliphatic rings. The lowest BCUT2D eigenvalue weighted by Gasteiger charge is -2.14. The molecule has 0 amide bonds. The minimum absolute atomic E-state index is 0.336. The average molecular weight is 267 g/mol. The second-order valence-electron chi connectivity index (χ2n) is 4.35. The van der Waals surface area contributed by atoms with Crippen molar-refractivity contribution in [2.75, 3.05) is 20.2 Å². The van der Waals surface area contributed by atoms with Gasteiger partial charge in [0.2, 0.25) is 0 Å². The molecular formula is C13H17NO3S. The van der Waals surface area contributed by atoms with Crippen LogP contribution in [-0.2, 0) is 16.1 Å². The molecular weight excluding hydrogens is 250 g/mol. The molecule has 5 heteroatoms. The number of methoxy groups -OCH3 is 1. The first-order chi connectivity index (χ1) is 8.69. The van der Waals surface area contributed by atoms with E-state index in [0.717, 1.165) is 31.6 Å². The van der Waals surface area contributed by atoms with Crippen LogP contribution in [0.4, 0.5) is 0 Å². The quantitative estimate of drug-likeness (QED) is 0.830. The average Bonchev–Trinajstić information content (AvgIpc) is 2.96. The summed E-state index contributed by atoms with van der Waals surface area (Å²) in [7, 11) is 1.75. The Hall–Kier alpha value is -1.17. The second kappa shape index (κ2) is 6.13. The second-order valence-corrected chi connectivity index (χ2v) is 5.35. The number of carboxylic acids is 1. The molecule has 98 valence electrons. The van der Waals surface area contributed by atoms with Gasteiger partial charge in [-0.05, 0) is 29.5 Å². The van der Waals surface area contributed by atoms with Crippen LogP contribution in [0.15, 0.2) is 17.5 Å². The van der Waals surface area contributed by atoms with Crippen LogP contribution in [0.1, 0.15) is 16.9 Å². The maximum Gasteiger partial charge on any atom is 0.328 e. The van der Waals surface area contributed by atoms with E-state index in [0.29, 0.717) is 6.10 Å². The first kappa shape index (κ1) is 13.3. The van der Waals surface area contributed by atoms with Gasteiger partial charge in [0.1, 0.15) is 0 Å². The molecule has 1 N–H and O–H groups in total. The lowest BCUT2D eigenvalue weighted by Crippen LogP contribution is -2.22. The Morgan fingerprint density at radius 3 is 3.22 bits per heavy atom. The van der Waals surface area contributed by atoms with Gasteiger partial charge in [0.05, 0.1) is 6.10 Å². The molecule has 1 aromatic heterocycles. The molecule has 0 saturated carbocycles. The zero-order chi connectivity index (χ0) is 13.0. The topological polar surface area (TPSA) is 49.8 Å². The number of ether oxygens (including phenoxy) is 1. The highest BCUT2D eigenvalue weighted by molar-refractivity contribution is 7.10. The first-order valence-electron chi connectivity index (χ1n) is 5.91. The van der Waals surface area contributed by atoms with Gasteiger partial charge in [-0.15, -0.1) is 11.3 Å². The molecule has 0 bridgehead atoms. The Kier molecular flexibility index (Phi) is 4.52. The smallest absolute Gasteiger partial charge is 0.328 e. The summed E-state index contributed by atoms with van der Waals surface area (Å²) in [5.41, 5.74) is 1.00. The molecule has 1 atom stereocenters. The fourth-order valence-electron chi connectivity index (χ4n) is 2.12. The number of carboxylic acid groups (broad SMARTS) is 1. The van der Waals surface area contributed by atoms with Crippen LogP contribution in [0.25, 0.3) is 6.08 Å². The maximum absolute atomic E-state index is 10.5. The predicted octanol–water partition coefficient (Wildman–Crippen LogP) is 2.07. The lowest BCUT2D eigenvalue weighted by atomic mass is 10.2. The summed E-state index contributed by atoms with van der Waals surface area (Å²) in [6, 6.07) is 1.96. The number of likely N-dealkylation sites (tertiary alicyclic amines) is 1. The molecule has 2 rings (SSSR count). The third-order valence-electron chi connectivity index (χ3n) is 3.12. The van der Waals surface area contributed by atoms with E-state index in [2.05, 4.69) is 4.90 Å². The standard InChI is InChI=1S/C13H17NO3S/c1-17-11-4-6-14(8-11)9-12-10(5-7-18-12)2-3-13(15)16/h2-3,5,7,11H,4,6,8-9H2,1H3,(H,15,16)/b3-2+. The van der Waals surface area contributed by atoms with E-state index in [-0.39, 0.29) is 0 Å². The fourth-order valence-corrected chi connectivity index (χ4v) is 3.03. The van der Waals surface area contributed by atoms with Gasteiger partial charge in [-0.3, -0.25) is 4.90 Å². The van der Waals surface area contributed by atoms with E-state index in [4.69, 9.17) is 9.84 Å². The Bertz CT molecular complexity index is 441. The molecule has 0 radical (unpaired) electrons. The molecule has 1 saturated heterocycles. The number of thiophene rings is 1. The van der Waals surface area contributed by atoms with E-state index in [1.807, 2.05) is 11.4 Å². The first-order valence-corrected chi connectivity index (χ1v) is 6.79. The van der Waals surface area contributed by atoms with Crippen LogP contribution < -0.4 is 0 Å². The van der Waals surface area contributed by atoms with Crippen molar-refractivity contribution >= 4 is 23.4 Å². The van der Waals surface area contributed by atoms with Crippen molar-refractivity contribution in [3.8, 4) is 0 Å². The van der Waals surface area contributed by atoms with Crippen LogP contribution in [0.5, 0.6) is 0 Å². The highest BCUT2D eigenvalue weighted by atomic mass is 32.1. The molecule has 2 heterocycles. The molecule has 1 unspecified atom stereocenters. The molecule has 4 nitrogen and oxygen atoms in total. The summed E-state index contributed by atoms with van der Waals surface area (Å²) < 4.78 is 5.34. The minimum atomic E-state index is -0.909. The number of aliphatic carboxylic acids is 1. The maximum atomic E-state index is 10.5. The van der Waals surface area contributed by atoms with Crippen molar-refractivity contribution < 1.29 is 14.6 Å². The number of hydrogen-bond acceptors (Lipinski definition) is 4. The van der Waals surface area contributed by atoms with Crippen molar-refractivity contribution in [1.82, 2.24) is 4.90 Å². The summed E-state index contributed by atoms with van der Waals surface area (Å²) in [6.07, 6.45) is 4.26. The van der Waals surface area contributed by atoms with Gasteiger partial charge in [-0.2, -0.15) is 0 Å². The molecule has 18 heavy (non-hydrogen) atoms. The van der Waals surface area contributed by atoms with Gasteiger partial charge in [0.25, 0.3) is 0 Å². The highest BCUT2D eigenvalue weighted by Gasteiger charge is 2.22. The zero-order valence-electron chi connectivity index (χ0n) is 10.3. The number of hydrogen-bond donors (Lipinski definition) is 1. The summed E-state index contributed by atoms with van der Waals surface area (Å²) >= 11 is 1.67. The highest BCUT2D eigenvalue weighted by Crippen LogP contribution is 2.23. The zero-order valence-corrected chi connectivity index (χ0v) is 11.2. The SMILES string of the molecule is COC1CCN(Cc2sccc2/C=C/C(=O)O)C1. The van der Waals surface area contributed by atoms with E-state index in [9.17, 15) is 4.79 Å². The largest absolute Gasteiger partial charge is 0.478 e. The number of carbonyl (C=O) groups is 1. The molecule has 0 spiro atoms. The minimum Gasteiger partial charge on any atom is -0.478 e. The van der Waals surface area contributed by atoms with Crippen molar-refractivity contribution in [1.29, 1.82) is 0 Å². The van der Waals surface area contributed by atoms with Gasteiger partial charge in [0, 0.05) is 37.7 Å². The lowest BCUT2D eigenvalue weighted by molar-refractivity contribution is -0.131. The predicted molar refractivity (Wildman–Crippen MR) is 71.7 cm³/mol. The number of nitrogens with zero attached hydrogens (tertiary/aromatic N) is 1. The molecule has 0 aromatic carbocycles. The van der Waals surface area contributed by atoms with Crippen LogP contribution in [0.3, 0.4) is 0 Å². The molecule has 1 fully saturated rings. The summed E-state index contributed by atoms with van der Waals surface area (Å²) in [5, 5.41) is 10.6. The van der Waals surface area contributed by atoms with Gasteiger partial charge in [0.15, 0.2) is 0 Å². The number of rotatable bonds is 5. The van der Waals surface area contributed by atoms with Crippen molar-refractivity contribution in [2.24, 2.45) is 0 Å². The summed E-state index contributed by atoms with van der Waals surface area (Å²) in [4.78, 5) is 14.1. The summed E-state index contributed by atoms with van der Waals surface area (Å²) in [6.45, 7) is 2.87. The van der Waals surface area contributed by atoms with Gasteiger partial charge in [-0.1, -0.05) is 0 Å². The van der Waals surface area contributed by atoms with E-state index in [1.54, 1.807) is 24.5 Å². The fraction of sp³-hybridized carbons (Fsp3) is 0.462. The Balaban J connectivity index is 1.98. The third-order valence-corrected chi connectivity index (χ3v) is 4.04. The van der Waals surface area contributed by atoms with E-state index in [1.165, 1.54) is 11.0 Å². The van der Waals surface area contributed by atoms with Crippen LogP contribution in [-0.4, -0.2) is 42.3 Å². The Morgan fingerprint density at radius 1 is 1.72 bits per heavy atom. The molecule has 1 aliphatic heterocycles. The van der Waals surface area contributed by atoms with Gasteiger partial charge in [-0.25, -0.2) is 4.79 Å². The third kappa shape index (κ3) is 3.41. The molecule has 0 aliphatic carbocycles. The van der Waals surface area contributed by atoms with E-state index >= 15 is 0 Å².